The third kappa shape index (κ3) is 3.43. The maximum atomic E-state index is 4.46. The molecule has 0 aromatic carbocycles. The van der Waals surface area contributed by atoms with Gasteiger partial charge in [0.2, 0.25) is 0 Å². The SMILES string of the molecule is CNc1ccnc(CN2CCCC(N(C)C)C2)c1. The molecule has 0 amide bonds. The quantitative estimate of drug-likeness (QED) is 0.878. The second kappa shape index (κ2) is 6.16. The smallest absolute Gasteiger partial charge is 0.0564 e. The van der Waals surface area contributed by atoms with Gasteiger partial charge in [0.25, 0.3) is 0 Å². The summed E-state index contributed by atoms with van der Waals surface area (Å²) in [7, 11) is 6.30. The molecule has 2 heterocycles. The predicted octanol–water partition coefficient (Wildman–Crippen LogP) is 1.65. The molecule has 0 bridgehead atoms. The van der Waals surface area contributed by atoms with E-state index in [1.54, 1.807) is 0 Å². The van der Waals surface area contributed by atoms with Crippen molar-refractivity contribution >= 4 is 5.69 Å². The van der Waals surface area contributed by atoms with Crippen molar-refractivity contribution in [2.24, 2.45) is 0 Å². The fourth-order valence-electron chi connectivity index (χ4n) is 2.55. The van der Waals surface area contributed by atoms with Crippen molar-refractivity contribution in [1.29, 1.82) is 0 Å². The first-order valence-corrected chi connectivity index (χ1v) is 6.70. The third-order valence-electron chi connectivity index (χ3n) is 3.70. The number of nitrogens with zero attached hydrogens (tertiary/aromatic N) is 3. The van der Waals surface area contributed by atoms with Gasteiger partial charge in [0.05, 0.1) is 5.69 Å². The summed E-state index contributed by atoms with van der Waals surface area (Å²) in [5, 5.41) is 3.16. The van der Waals surface area contributed by atoms with Gasteiger partial charge in [-0.25, -0.2) is 0 Å². The van der Waals surface area contributed by atoms with Gasteiger partial charge in [-0.2, -0.15) is 0 Å². The van der Waals surface area contributed by atoms with E-state index in [0.29, 0.717) is 6.04 Å². The Balaban J connectivity index is 1.95. The molecular formula is C14H24N4. The highest BCUT2D eigenvalue weighted by molar-refractivity contribution is 5.42. The van der Waals surface area contributed by atoms with Gasteiger partial charge in [0, 0.05) is 38.1 Å². The maximum absolute atomic E-state index is 4.46. The molecule has 2 rings (SSSR count). The number of hydrogen-bond acceptors (Lipinski definition) is 4. The number of aromatic nitrogens is 1. The van der Waals surface area contributed by atoms with E-state index in [1.807, 2.05) is 19.3 Å². The van der Waals surface area contributed by atoms with Crippen LogP contribution in [-0.2, 0) is 6.54 Å². The fourth-order valence-corrected chi connectivity index (χ4v) is 2.55. The van der Waals surface area contributed by atoms with Crippen LogP contribution in [0.15, 0.2) is 18.3 Å². The average Bonchev–Trinajstić information content (AvgIpc) is 2.39. The van der Waals surface area contributed by atoms with Gasteiger partial charge in [0.1, 0.15) is 0 Å². The van der Waals surface area contributed by atoms with Crippen LogP contribution >= 0.6 is 0 Å². The van der Waals surface area contributed by atoms with Crippen LogP contribution in [0.3, 0.4) is 0 Å². The maximum Gasteiger partial charge on any atom is 0.0564 e. The lowest BCUT2D eigenvalue weighted by atomic mass is 10.0. The van der Waals surface area contributed by atoms with Gasteiger partial charge in [-0.1, -0.05) is 0 Å². The minimum Gasteiger partial charge on any atom is -0.388 e. The number of piperidine rings is 1. The number of anilines is 1. The summed E-state index contributed by atoms with van der Waals surface area (Å²) in [5.74, 6) is 0. The minimum absolute atomic E-state index is 0.686. The molecule has 1 N–H and O–H groups in total. The summed E-state index contributed by atoms with van der Waals surface area (Å²) in [6.07, 6.45) is 4.48. The zero-order valence-corrected chi connectivity index (χ0v) is 11.7. The summed E-state index contributed by atoms with van der Waals surface area (Å²) in [4.78, 5) is 9.30. The van der Waals surface area contributed by atoms with Crippen LogP contribution in [-0.4, -0.2) is 55.1 Å². The monoisotopic (exact) mass is 248 g/mol. The molecule has 1 saturated heterocycles. The molecule has 0 aliphatic carbocycles. The molecule has 4 nitrogen and oxygen atoms in total. The summed E-state index contributed by atoms with van der Waals surface area (Å²) in [5.41, 5.74) is 2.29. The Hall–Kier alpha value is -1.13. The lowest BCUT2D eigenvalue weighted by Crippen LogP contribution is -2.44. The molecule has 100 valence electrons. The van der Waals surface area contributed by atoms with Crippen LogP contribution in [0.5, 0.6) is 0 Å². The summed E-state index contributed by atoms with van der Waals surface area (Å²) >= 11 is 0. The molecule has 0 saturated carbocycles. The number of nitrogens with one attached hydrogen (secondary N) is 1. The first kappa shape index (κ1) is 13.3. The zero-order valence-electron chi connectivity index (χ0n) is 11.7. The summed E-state index contributed by atoms with van der Waals surface area (Å²) in [6, 6.07) is 4.83. The standard InChI is InChI=1S/C14H24N4/c1-15-12-6-7-16-13(9-12)10-18-8-4-5-14(11-18)17(2)3/h6-7,9,14H,4-5,8,10-11H2,1-3H3,(H,15,16). The average molecular weight is 248 g/mol. The first-order chi connectivity index (χ1) is 8.69. The van der Waals surface area contributed by atoms with Crippen LogP contribution < -0.4 is 5.32 Å². The largest absolute Gasteiger partial charge is 0.388 e. The van der Waals surface area contributed by atoms with Gasteiger partial charge >= 0.3 is 0 Å². The number of pyridine rings is 1. The zero-order chi connectivity index (χ0) is 13.0. The predicted molar refractivity (Wildman–Crippen MR) is 75.8 cm³/mol. The highest BCUT2D eigenvalue weighted by Crippen LogP contribution is 2.16. The molecular weight excluding hydrogens is 224 g/mol. The Bertz CT molecular complexity index is 378. The second-order valence-corrected chi connectivity index (χ2v) is 5.28. The summed E-state index contributed by atoms with van der Waals surface area (Å²) < 4.78 is 0. The fraction of sp³-hybridized carbons (Fsp3) is 0.643. The van der Waals surface area contributed by atoms with Crippen molar-refractivity contribution in [3.8, 4) is 0 Å². The molecule has 4 heteroatoms. The van der Waals surface area contributed by atoms with Crippen molar-refractivity contribution in [2.75, 3.05) is 39.5 Å². The highest BCUT2D eigenvalue weighted by Gasteiger charge is 2.21. The van der Waals surface area contributed by atoms with E-state index in [1.165, 1.54) is 19.4 Å². The van der Waals surface area contributed by atoms with Crippen LogP contribution in [0.1, 0.15) is 18.5 Å². The second-order valence-electron chi connectivity index (χ2n) is 5.28. The van der Waals surface area contributed by atoms with E-state index in [2.05, 4.69) is 40.3 Å². The summed E-state index contributed by atoms with van der Waals surface area (Å²) in [6.45, 7) is 3.30. The molecule has 18 heavy (non-hydrogen) atoms. The molecule has 1 fully saturated rings. The van der Waals surface area contributed by atoms with Gasteiger partial charge in [-0.05, 0) is 45.6 Å². The van der Waals surface area contributed by atoms with Crippen LogP contribution in [0.25, 0.3) is 0 Å². The highest BCUT2D eigenvalue weighted by atomic mass is 15.2. The molecule has 1 aliphatic rings. The Morgan fingerprint density at radius 3 is 3.06 bits per heavy atom. The normalized spacial score (nSPS) is 21.2. The van der Waals surface area contributed by atoms with Gasteiger partial charge < -0.3 is 10.2 Å². The number of likely N-dealkylation sites (N-methyl/N-ethyl adjacent to an activating group) is 1. The number of rotatable bonds is 4. The van der Waals surface area contributed by atoms with Crippen molar-refractivity contribution in [2.45, 2.75) is 25.4 Å². The molecule has 0 spiro atoms. The lowest BCUT2D eigenvalue weighted by molar-refractivity contribution is 0.127. The van der Waals surface area contributed by atoms with E-state index in [4.69, 9.17) is 0 Å². The topological polar surface area (TPSA) is 31.4 Å². The molecule has 1 aromatic rings. The third-order valence-corrected chi connectivity index (χ3v) is 3.70. The first-order valence-electron chi connectivity index (χ1n) is 6.70. The van der Waals surface area contributed by atoms with E-state index < -0.39 is 0 Å². The Kier molecular flexibility index (Phi) is 4.55. The van der Waals surface area contributed by atoms with Crippen LogP contribution in [0.2, 0.25) is 0 Å². The molecule has 1 atom stereocenters. The van der Waals surface area contributed by atoms with Gasteiger partial charge in [-0.15, -0.1) is 0 Å². The Morgan fingerprint density at radius 2 is 2.33 bits per heavy atom. The molecule has 1 unspecified atom stereocenters. The van der Waals surface area contributed by atoms with E-state index in [9.17, 15) is 0 Å². The van der Waals surface area contributed by atoms with E-state index in [0.717, 1.165) is 24.5 Å². The Labute approximate surface area is 110 Å². The van der Waals surface area contributed by atoms with Crippen molar-refractivity contribution in [1.82, 2.24) is 14.8 Å². The lowest BCUT2D eigenvalue weighted by Gasteiger charge is -2.35. The van der Waals surface area contributed by atoms with Crippen molar-refractivity contribution in [3.05, 3.63) is 24.0 Å². The van der Waals surface area contributed by atoms with Crippen LogP contribution in [0, 0.1) is 0 Å². The van der Waals surface area contributed by atoms with Crippen molar-refractivity contribution in [3.63, 3.8) is 0 Å². The number of hydrogen-bond donors (Lipinski definition) is 1. The Morgan fingerprint density at radius 1 is 1.50 bits per heavy atom. The van der Waals surface area contributed by atoms with Gasteiger partial charge in [0.15, 0.2) is 0 Å². The van der Waals surface area contributed by atoms with Gasteiger partial charge in [-0.3, -0.25) is 9.88 Å². The number of likely N-dealkylation sites (tertiary alicyclic amines) is 1. The van der Waals surface area contributed by atoms with E-state index >= 15 is 0 Å². The van der Waals surface area contributed by atoms with E-state index in [-0.39, 0.29) is 0 Å². The molecule has 1 aliphatic heterocycles. The molecule has 1 aromatic heterocycles. The van der Waals surface area contributed by atoms with Crippen LogP contribution in [0.4, 0.5) is 5.69 Å². The minimum atomic E-state index is 0.686. The van der Waals surface area contributed by atoms with Crippen molar-refractivity contribution < 1.29 is 0 Å². The molecule has 0 radical (unpaired) electrons.